The SMILES string of the molecule is CCOC(=O)Cn1c(=O)[nH]c(=O)c2c(C)c(-c3ccc([N+](=O)[O-])cc3)sc21. The van der Waals surface area contributed by atoms with Crippen LogP contribution in [0.4, 0.5) is 5.69 Å². The van der Waals surface area contributed by atoms with E-state index in [1.165, 1.54) is 28.0 Å². The number of nitro benzene ring substituents is 1. The summed E-state index contributed by atoms with van der Waals surface area (Å²) in [6.07, 6.45) is 0. The molecule has 27 heavy (non-hydrogen) atoms. The number of benzene rings is 1. The summed E-state index contributed by atoms with van der Waals surface area (Å²) in [6, 6.07) is 5.90. The zero-order chi connectivity index (χ0) is 19.7. The van der Waals surface area contributed by atoms with E-state index in [0.717, 1.165) is 0 Å². The molecule has 0 bridgehead atoms. The van der Waals surface area contributed by atoms with E-state index in [-0.39, 0.29) is 18.8 Å². The second kappa shape index (κ2) is 7.16. The summed E-state index contributed by atoms with van der Waals surface area (Å²) in [5, 5.41) is 11.1. The van der Waals surface area contributed by atoms with Gasteiger partial charge in [0.2, 0.25) is 0 Å². The lowest BCUT2D eigenvalue weighted by Gasteiger charge is -2.06. The van der Waals surface area contributed by atoms with Crippen LogP contribution in [-0.4, -0.2) is 27.1 Å². The molecule has 0 spiro atoms. The van der Waals surface area contributed by atoms with Crippen molar-refractivity contribution in [3.63, 3.8) is 0 Å². The summed E-state index contributed by atoms with van der Waals surface area (Å²) in [7, 11) is 0. The summed E-state index contributed by atoms with van der Waals surface area (Å²) in [4.78, 5) is 49.9. The lowest BCUT2D eigenvalue weighted by atomic mass is 10.1. The lowest BCUT2D eigenvalue weighted by molar-refractivity contribution is -0.384. The van der Waals surface area contributed by atoms with Gasteiger partial charge < -0.3 is 4.74 Å². The van der Waals surface area contributed by atoms with E-state index >= 15 is 0 Å². The number of aromatic amines is 1. The molecule has 9 nitrogen and oxygen atoms in total. The first kappa shape index (κ1) is 18.5. The van der Waals surface area contributed by atoms with Gasteiger partial charge in [0, 0.05) is 17.0 Å². The standard InChI is InChI=1S/C17H15N3O6S/c1-3-26-12(21)8-19-16-13(15(22)18-17(19)23)9(2)14(27-16)10-4-6-11(7-5-10)20(24)25/h4-7H,3,8H2,1-2H3,(H,18,22,23). The maximum absolute atomic E-state index is 12.3. The molecule has 140 valence electrons. The molecule has 0 saturated carbocycles. The minimum absolute atomic E-state index is 0.0467. The summed E-state index contributed by atoms with van der Waals surface area (Å²) in [6.45, 7) is 3.24. The van der Waals surface area contributed by atoms with Crippen molar-refractivity contribution in [2.75, 3.05) is 6.61 Å². The molecule has 0 aliphatic rings. The third-order valence-corrected chi connectivity index (χ3v) is 5.36. The maximum atomic E-state index is 12.3. The first-order valence-electron chi connectivity index (χ1n) is 8.00. The lowest BCUT2D eigenvalue weighted by Crippen LogP contribution is -2.32. The van der Waals surface area contributed by atoms with Crippen LogP contribution >= 0.6 is 11.3 Å². The minimum Gasteiger partial charge on any atom is -0.465 e. The molecule has 0 aliphatic heterocycles. The second-order valence-electron chi connectivity index (χ2n) is 5.69. The molecule has 0 aliphatic carbocycles. The molecule has 0 radical (unpaired) electrons. The monoisotopic (exact) mass is 389 g/mol. The number of nitrogens with one attached hydrogen (secondary N) is 1. The zero-order valence-electron chi connectivity index (χ0n) is 14.5. The quantitative estimate of drug-likeness (QED) is 0.405. The van der Waals surface area contributed by atoms with Gasteiger partial charge in [-0.3, -0.25) is 29.3 Å². The maximum Gasteiger partial charge on any atom is 0.329 e. The number of aromatic nitrogens is 2. The summed E-state index contributed by atoms with van der Waals surface area (Å²) in [5.41, 5.74) is 0.0141. The van der Waals surface area contributed by atoms with Crippen LogP contribution in [0.1, 0.15) is 12.5 Å². The Kier molecular flexibility index (Phi) is 4.91. The van der Waals surface area contributed by atoms with Crippen LogP contribution in [0, 0.1) is 17.0 Å². The fraction of sp³-hybridized carbons (Fsp3) is 0.235. The van der Waals surface area contributed by atoms with Gasteiger partial charge in [0.05, 0.1) is 16.9 Å². The Morgan fingerprint density at radius 1 is 1.30 bits per heavy atom. The summed E-state index contributed by atoms with van der Waals surface area (Å²) >= 11 is 1.17. The number of hydrogen-bond acceptors (Lipinski definition) is 7. The fourth-order valence-corrected chi connectivity index (χ4v) is 4.07. The van der Waals surface area contributed by atoms with Crippen LogP contribution in [0.25, 0.3) is 20.7 Å². The molecule has 2 aromatic heterocycles. The Bertz CT molecular complexity index is 1160. The highest BCUT2D eigenvalue weighted by Crippen LogP contribution is 2.36. The highest BCUT2D eigenvalue weighted by atomic mass is 32.1. The topological polar surface area (TPSA) is 124 Å². The van der Waals surface area contributed by atoms with E-state index in [0.29, 0.717) is 26.2 Å². The third-order valence-electron chi connectivity index (χ3n) is 4.00. The molecule has 3 aromatic rings. The number of rotatable bonds is 5. The van der Waals surface area contributed by atoms with Gasteiger partial charge in [0.25, 0.3) is 11.2 Å². The summed E-state index contributed by atoms with van der Waals surface area (Å²) in [5.74, 6) is -0.587. The van der Waals surface area contributed by atoms with E-state index in [1.807, 2.05) is 0 Å². The van der Waals surface area contributed by atoms with Gasteiger partial charge in [-0.1, -0.05) is 0 Å². The molecule has 3 rings (SSSR count). The van der Waals surface area contributed by atoms with E-state index in [1.54, 1.807) is 26.0 Å². The molecule has 10 heteroatoms. The van der Waals surface area contributed by atoms with Gasteiger partial charge in [0.1, 0.15) is 11.4 Å². The van der Waals surface area contributed by atoms with Crippen molar-refractivity contribution in [1.82, 2.24) is 9.55 Å². The second-order valence-corrected chi connectivity index (χ2v) is 6.69. The average Bonchev–Trinajstić information content (AvgIpc) is 2.96. The van der Waals surface area contributed by atoms with Crippen LogP contribution in [0.5, 0.6) is 0 Å². The van der Waals surface area contributed by atoms with Crippen LogP contribution in [-0.2, 0) is 16.1 Å². The molecule has 1 N–H and O–H groups in total. The molecule has 0 atom stereocenters. The van der Waals surface area contributed by atoms with Crippen LogP contribution < -0.4 is 11.2 Å². The Balaban J connectivity index is 2.19. The van der Waals surface area contributed by atoms with Gasteiger partial charge in [0.15, 0.2) is 0 Å². The van der Waals surface area contributed by atoms with Gasteiger partial charge in [-0.05, 0) is 37.1 Å². The van der Waals surface area contributed by atoms with Crippen LogP contribution in [0.2, 0.25) is 0 Å². The molecular weight excluding hydrogens is 374 g/mol. The molecule has 0 saturated heterocycles. The van der Waals surface area contributed by atoms with Crippen molar-refractivity contribution in [3.05, 3.63) is 60.8 Å². The van der Waals surface area contributed by atoms with E-state index in [2.05, 4.69) is 4.98 Å². The van der Waals surface area contributed by atoms with E-state index in [9.17, 15) is 24.5 Å². The van der Waals surface area contributed by atoms with Crippen LogP contribution in [0.15, 0.2) is 33.9 Å². The van der Waals surface area contributed by atoms with Crippen molar-refractivity contribution in [3.8, 4) is 10.4 Å². The van der Waals surface area contributed by atoms with E-state index in [4.69, 9.17) is 4.74 Å². The Morgan fingerprint density at radius 3 is 2.56 bits per heavy atom. The first-order chi connectivity index (χ1) is 12.8. The fourth-order valence-electron chi connectivity index (χ4n) is 2.76. The number of non-ortho nitro benzene ring substituents is 1. The zero-order valence-corrected chi connectivity index (χ0v) is 15.3. The normalized spacial score (nSPS) is 10.9. The Hall–Kier alpha value is -3.27. The largest absolute Gasteiger partial charge is 0.465 e. The predicted molar refractivity (Wildman–Crippen MR) is 100 cm³/mol. The van der Waals surface area contributed by atoms with Gasteiger partial charge >= 0.3 is 11.7 Å². The van der Waals surface area contributed by atoms with Crippen molar-refractivity contribution in [1.29, 1.82) is 0 Å². The number of fused-ring (bicyclic) bond motifs is 1. The number of nitrogens with zero attached hydrogens (tertiary/aromatic N) is 2. The van der Waals surface area contributed by atoms with Gasteiger partial charge in [-0.2, -0.15) is 0 Å². The van der Waals surface area contributed by atoms with Crippen molar-refractivity contribution >= 4 is 33.2 Å². The molecule has 1 aromatic carbocycles. The number of thiophene rings is 1. The number of esters is 1. The number of carbonyl (C=O) groups is 1. The number of hydrogen-bond donors (Lipinski definition) is 1. The van der Waals surface area contributed by atoms with Gasteiger partial charge in [-0.25, -0.2) is 4.79 Å². The first-order valence-corrected chi connectivity index (χ1v) is 8.81. The molecule has 0 unspecified atom stereocenters. The summed E-state index contributed by atoms with van der Waals surface area (Å²) < 4.78 is 6.06. The number of nitro groups is 1. The molecular formula is C17H15N3O6S. The highest BCUT2D eigenvalue weighted by Gasteiger charge is 2.19. The smallest absolute Gasteiger partial charge is 0.329 e. The average molecular weight is 389 g/mol. The van der Waals surface area contributed by atoms with Gasteiger partial charge in [-0.15, -0.1) is 11.3 Å². The Morgan fingerprint density at radius 2 is 1.96 bits per heavy atom. The van der Waals surface area contributed by atoms with Crippen molar-refractivity contribution in [2.45, 2.75) is 20.4 Å². The van der Waals surface area contributed by atoms with Crippen molar-refractivity contribution in [2.24, 2.45) is 0 Å². The van der Waals surface area contributed by atoms with Crippen LogP contribution in [0.3, 0.4) is 0 Å². The number of H-pyrrole nitrogens is 1. The number of carbonyl (C=O) groups excluding carboxylic acids is 1. The molecule has 0 amide bonds. The number of aryl methyl sites for hydroxylation is 1. The minimum atomic E-state index is -0.697. The highest BCUT2D eigenvalue weighted by molar-refractivity contribution is 7.22. The van der Waals surface area contributed by atoms with Crippen molar-refractivity contribution < 1.29 is 14.5 Å². The third kappa shape index (κ3) is 3.38. The molecule has 0 fully saturated rings. The molecule has 2 heterocycles. The predicted octanol–water partition coefficient (Wildman–Crippen LogP) is 2.20. The van der Waals surface area contributed by atoms with E-state index < -0.39 is 22.1 Å². The Labute approximate surface area is 156 Å². The number of ether oxygens (including phenoxy) is 1.